The average molecular weight is 364 g/mol. The van der Waals surface area contributed by atoms with E-state index in [4.69, 9.17) is 9.79 Å². The first-order chi connectivity index (χ1) is 11.8. The summed E-state index contributed by atoms with van der Waals surface area (Å²) in [5, 5.41) is 2.67. The molecule has 25 heavy (non-hydrogen) atoms. The Morgan fingerprint density at radius 1 is 1.20 bits per heavy atom. The standard InChI is InChI=1S/C16H17N2O6P/c19-14-16(12-7-3-1-4-8-12,13-9-5-2-6-10-13)17-15(20)18(14)11-24-25(21,22)23/h1,3-5,7-10H,2,6,11H2,(H,17,20)(H2,21,22,23). The molecule has 3 amide bonds. The van der Waals surface area contributed by atoms with Crippen LogP contribution in [-0.2, 0) is 19.4 Å². The van der Waals surface area contributed by atoms with Crippen LogP contribution >= 0.6 is 7.82 Å². The second-order valence-corrected chi connectivity index (χ2v) is 6.91. The van der Waals surface area contributed by atoms with E-state index in [9.17, 15) is 14.2 Å². The molecule has 1 atom stereocenters. The van der Waals surface area contributed by atoms with Gasteiger partial charge < -0.3 is 15.1 Å². The van der Waals surface area contributed by atoms with Crippen molar-refractivity contribution in [2.24, 2.45) is 0 Å². The molecule has 0 bridgehead atoms. The lowest BCUT2D eigenvalue weighted by molar-refractivity contribution is -0.132. The van der Waals surface area contributed by atoms with Crippen LogP contribution in [0.5, 0.6) is 0 Å². The average Bonchev–Trinajstić information content (AvgIpc) is 2.85. The van der Waals surface area contributed by atoms with Crippen molar-refractivity contribution in [3.8, 4) is 0 Å². The van der Waals surface area contributed by atoms with Crippen molar-refractivity contribution in [3.63, 3.8) is 0 Å². The molecule has 8 nitrogen and oxygen atoms in total. The zero-order valence-electron chi connectivity index (χ0n) is 13.2. The van der Waals surface area contributed by atoms with Gasteiger partial charge in [-0.3, -0.25) is 9.32 Å². The van der Waals surface area contributed by atoms with Crippen LogP contribution in [0.25, 0.3) is 0 Å². The molecule has 0 spiro atoms. The zero-order valence-corrected chi connectivity index (χ0v) is 14.1. The molecule has 9 heteroatoms. The monoisotopic (exact) mass is 364 g/mol. The summed E-state index contributed by atoms with van der Waals surface area (Å²) in [6.45, 7) is -0.833. The van der Waals surface area contributed by atoms with Crippen molar-refractivity contribution in [2.75, 3.05) is 6.73 Å². The summed E-state index contributed by atoms with van der Waals surface area (Å²) in [6, 6.07) is 7.95. The van der Waals surface area contributed by atoms with E-state index < -0.39 is 32.0 Å². The molecule has 0 aromatic heterocycles. The summed E-state index contributed by atoms with van der Waals surface area (Å²) in [7, 11) is -4.82. The van der Waals surface area contributed by atoms with Crippen molar-refractivity contribution in [3.05, 3.63) is 59.7 Å². The molecule has 1 aliphatic carbocycles. The Labute approximate surface area is 144 Å². The van der Waals surface area contributed by atoms with Gasteiger partial charge in [0.1, 0.15) is 6.73 Å². The van der Waals surface area contributed by atoms with Gasteiger partial charge in [0, 0.05) is 0 Å². The van der Waals surface area contributed by atoms with Crippen molar-refractivity contribution < 1.29 is 28.5 Å². The summed E-state index contributed by atoms with van der Waals surface area (Å²) in [6.07, 6.45) is 7.12. The van der Waals surface area contributed by atoms with Crippen LogP contribution in [0.3, 0.4) is 0 Å². The number of phosphoric ester groups is 1. The van der Waals surface area contributed by atoms with E-state index in [2.05, 4.69) is 9.84 Å². The molecule has 1 saturated heterocycles. The van der Waals surface area contributed by atoms with Crippen molar-refractivity contribution in [1.29, 1.82) is 0 Å². The molecule has 1 aromatic carbocycles. The maximum atomic E-state index is 13.1. The Bertz CT molecular complexity index is 800. The van der Waals surface area contributed by atoms with Gasteiger partial charge in [0.05, 0.1) is 0 Å². The van der Waals surface area contributed by atoms with E-state index in [1.54, 1.807) is 36.4 Å². The highest BCUT2D eigenvalue weighted by molar-refractivity contribution is 7.46. The van der Waals surface area contributed by atoms with Crippen LogP contribution in [0.2, 0.25) is 0 Å². The minimum absolute atomic E-state index is 0.560. The maximum absolute atomic E-state index is 13.1. The summed E-state index contributed by atoms with van der Waals surface area (Å²) in [5.74, 6) is -0.644. The lowest BCUT2D eigenvalue weighted by Gasteiger charge is -2.30. The van der Waals surface area contributed by atoms with Gasteiger partial charge in [-0.15, -0.1) is 0 Å². The summed E-state index contributed by atoms with van der Waals surface area (Å²) in [5.41, 5.74) is -0.264. The Morgan fingerprint density at radius 3 is 2.52 bits per heavy atom. The number of urea groups is 1. The van der Waals surface area contributed by atoms with Crippen LogP contribution in [0.1, 0.15) is 18.4 Å². The molecule has 0 saturated carbocycles. The second-order valence-electron chi connectivity index (χ2n) is 5.67. The van der Waals surface area contributed by atoms with Crippen LogP contribution in [0.4, 0.5) is 4.79 Å². The molecule has 1 aliphatic heterocycles. The predicted molar refractivity (Wildman–Crippen MR) is 88.0 cm³/mol. The minimum atomic E-state index is -4.82. The van der Waals surface area contributed by atoms with Gasteiger partial charge in [0.25, 0.3) is 5.91 Å². The number of imide groups is 1. The van der Waals surface area contributed by atoms with Gasteiger partial charge in [-0.05, 0) is 24.0 Å². The third-order valence-electron chi connectivity index (χ3n) is 4.10. The van der Waals surface area contributed by atoms with Gasteiger partial charge >= 0.3 is 13.9 Å². The van der Waals surface area contributed by atoms with E-state index >= 15 is 0 Å². The van der Waals surface area contributed by atoms with Gasteiger partial charge in [0.15, 0.2) is 5.54 Å². The lowest BCUT2D eigenvalue weighted by atomic mass is 9.80. The van der Waals surface area contributed by atoms with E-state index in [0.29, 0.717) is 16.0 Å². The van der Waals surface area contributed by atoms with Crippen molar-refractivity contribution in [2.45, 2.75) is 18.4 Å². The van der Waals surface area contributed by atoms with E-state index in [1.165, 1.54) is 0 Å². The first kappa shape index (κ1) is 17.6. The fourth-order valence-electron chi connectivity index (χ4n) is 2.96. The number of carbonyl (C=O) groups is 2. The first-order valence-electron chi connectivity index (χ1n) is 7.61. The molecule has 2 aliphatic rings. The van der Waals surface area contributed by atoms with E-state index in [1.807, 2.05) is 12.2 Å². The van der Waals surface area contributed by atoms with Crippen molar-refractivity contribution >= 4 is 19.8 Å². The van der Waals surface area contributed by atoms with Crippen LogP contribution in [0, 0.1) is 0 Å². The third-order valence-corrected chi connectivity index (χ3v) is 4.55. The predicted octanol–water partition coefficient (Wildman–Crippen LogP) is 1.78. The fourth-order valence-corrected chi connectivity index (χ4v) is 3.23. The highest BCUT2D eigenvalue weighted by atomic mass is 31.2. The quantitative estimate of drug-likeness (QED) is 0.542. The summed E-state index contributed by atoms with van der Waals surface area (Å²) < 4.78 is 15.3. The van der Waals surface area contributed by atoms with Crippen LogP contribution in [0.15, 0.2) is 54.1 Å². The molecular weight excluding hydrogens is 347 g/mol. The topological polar surface area (TPSA) is 116 Å². The third kappa shape index (κ3) is 3.29. The molecule has 1 heterocycles. The largest absolute Gasteiger partial charge is 0.471 e. The number of amides is 3. The molecule has 3 rings (SSSR count). The lowest BCUT2D eigenvalue weighted by Crippen LogP contribution is -2.45. The number of rotatable bonds is 5. The number of nitrogens with one attached hydrogen (secondary N) is 1. The Balaban J connectivity index is 2.03. The molecule has 1 unspecified atom stereocenters. The molecule has 3 N–H and O–H groups in total. The van der Waals surface area contributed by atoms with Crippen molar-refractivity contribution in [1.82, 2.24) is 10.2 Å². The number of nitrogens with zero attached hydrogens (tertiary/aromatic N) is 1. The van der Waals surface area contributed by atoms with Gasteiger partial charge in [-0.2, -0.15) is 0 Å². The van der Waals surface area contributed by atoms with Crippen LogP contribution in [-0.4, -0.2) is 33.4 Å². The zero-order chi connectivity index (χ0) is 18.1. The Kier molecular flexibility index (Phi) is 4.62. The summed E-state index contributed by atoms with van der Waals surface area (Å²) in [4.78, 5) is 43.8. The van der Waals surface area contributed by atoms with E-state index in [-0.39, 0.29) is 0 Å². The Hall–Kier alpha value is -2.25. The molecule has 132 valence electrons. The minimum Gasteiger partial charge on any atom is -0.315 e. The number of allylic oxidation sites excluding steroid dienone is 2. The SMILES string of the molecule is O=C1NC(C2=CCCC=C2)(c2ccccc2)C(=O)N1COP(=O)(O)O. The number of carbonyl (C=O) groups excluding carboxylic acids is 2. The highest BCUT2D eigenvalue weighted by Gasteiger charge is 2.54. The number of benzene rings is 1. The van der Waals surface area contributed by atoms with E-state index in [0.717, 1.165) is 12.8 Å². The molecule has 1 aromatic rings. The van der Waals surface area contributed by atoms with Crippen LogP contribution < -0.4 is 5.32 Å². The molecule has 1 fully saturated rings. The fraction of sp³-hybridized carbons (Fsp3) is 0.250. The number of hydrogen-bond acceptors (Lipinski definition) is 4. The summed E-state index contributed by atoms with van der Waals surface area (Å²) >= 11 is 0. The normalized spacial score (nSPS) is 23.6. The number of phosphoric acid groups is 1. The van der Waals surface area contributed by atoms with Gasteiger partial charge in [-0.1, -0.05) is 48.6 Å². The molecule has 0 radical (unpaired) electrons. The maximum Gasteiger partial charge on any atom is 0.471 e. The highest BCUT2D eigenvalue weighted by Crippen LogP contribution is 2.40. The van der Waals surface area contributed by atoms with Gasteiger partial charge in [0.2, 0.25) is 0 Å². The first-order valence-corrected chi connectivity index (χ1v) is 9.14. The smallest absolute Gasteiger partial charge is 0.315 e. The Morgan fingerprint density at radius 2 is 1.92 bits per heavy atom. The second kappa shape index (κ2) is 6.57. The van der Waals surface area contributed by atoms with Gasteiger partial charge in [-0.25, -0.2) is 14.3 Å². The molecular formula is C16H17N2O6P. The number of hydrogen-bond donors (Lipinski definition) is 3.